The van der Waals surface area contributed by atoms with Gasteiger partial charge in [0, 0.05) is 5.56 Å². The molecule has 1 fully saturated rings. The Morgan fingerprint density at radius 1 is 0.913 bits per heavy atom. The predicted molar refractivity (Wildman–Crippen MR) is 82.4 cm³/mol. The molecule has 118 valence electrons. The van der Waals surface area contributed by atoms with Gasteiger partial charge >= 0.3 is 0 Å². The van der Waals surface area contributed by atoms with Gasteiger partial charge in [-0.05, 0) is 17.7 Å². The molecule has 2 heterocycles. The van der Waals surface area contributed by atoms with Crippen LogP contribution in [-0.4, -0.2) is 25.0 Å². The molecule has 2 aliphatic rings. The van der Waals surface area contributed by atoms with Crippen molar-refractivity contribution in [1.29, 1.82) is 0 Å². The Morgan fingerprint density at radius 2 is 1.65 bits per heavy atom. The van der Waals surface area contributed by atoms with E-state index in [-0.39, 0.29) is 17.8 Å². The van der Waals surface area contributed by atoms with E-state index in [0.29, 0.717) is 13.2 Å². The summed E-state index contributed by atoms with van der Waals surface area (Å²) in [7, 11) is 0. The van der Waals surface area contributed by atoms with Gasteiger partial charge in [-0.1, -0.05) is 47.6 Å². The summed E-state index contributed by atoms with van der Waals surface area (Å²) in [6, 6.07) is 16.1. The second kappa shape index (κ2) is 6.10. The van der Waals surface area contributed by atoms with Crippen molar-refractivity contribution in [3.63, 3.8) is 0 Å². The lowest BCUT2D eigenvalue weighted by Gasteiger charge is -2.16. The predicted octanol–water partition coefficient (Wildman–Crippen LogP) is 3.29. The Labute approximate surface area is 133 Å². The molecule has 4 rings (SSSR count). The number of fused-ring (bicyclic) bond motifs is 1. The van der Waals surface area contributed by atoms with Gasteiger partial charge in [0.05, 0.1) is 24.8 Å². The number of ether oxygens (including phenoxy) is 2. The second-order valence-corrected chi connectivity index (χ2v) is 5.64. The first-order chi connectivity index (χ1) is 11.3. The van der Waals surface area contributed by atoms with E-state index in [0.717, 1.165) is 16.8 Å². The largest absolute Gasteiger partial charge is 0.389 e. The molecule has 23 heavy (non-hydrogen) atoms. The summed E-state index contributed by atoms with van der Waals surface area (Å²) in [4.78, 5) is 5.53. The molecule has 5 heteroatoms. The van der Waals surface area contributed by atoms with Crippen molar-refractivity contribution in [2.45, 2.75) is 12.4 Å². The van der Waals surface area contributed by atoms with Crippen LogP contribution in [0.2, 0.25) is 0 Å². The van der Waals surface area contributed by atoms with Crippen molar-refractivity contribution in [2.24, 2.45) is 11.1 Å². The minimum absolute atomic E-state index is 0.0304. The molecule has 2 aromatic rings. The Balaban J connectivity index is 1.52. The third-order valence-electron chi connectivity index (χ3n) is 4.14. The Bertz CT molecular complexity index is 702. The van der Waals surface area contributed by atoms with Crippen molar-refractivity contribution >= 4 is 5.71 Å². The van der Waals surface area contributed by atoms with Crippen LogP contribution in [0.4, 0.5) is 4.39 Å². The minimum atomic E-state index is -0.512. The number of rotatable bonds is 2. The first kappa shape index (κ1) is 14.4. The molecule has 0 radical (unpaired) electrons. The highest BCUT2D eigenvalue weighted by molar-refractivity contribution is 6.03. The number of nitrogens with zero attached hydrogens (tertiary/aromatic N) is 1. The molecule has 0 amide bonds. The summed E-state index contributed by atoms with van der Waals surface area (Å²) < 4.78 is 24.7. The fourth-order valence-electron chi connectivity index (χ4n) is 2.88. The summed E-state index contributed by atoms with van der Waals surface area (Å²) in [5.41, 5.74) is 2.72. The molecular formula is C18H16FNO3. The molecule has 3 atom stereocenters. The van der Waals surface area contributed by atoms with E-state index in [1.54, 1.807) is 12.1 Å². The number of oxime groups is 1. The van der Waals surface area contributed by atoms with Crippen molar-refractivity contribution in [2.75, 3.05) is 13.2 Å². The van der Waals surface area contributed by atoms with Crippen LogP contribution in [0, 0.1) is 11.7 Å². The summed E-state index contributed by atoms with van der Waals surface area (Å²) in [6.45, 7) is 0.826. The van der Waals surface area contributed by atoms with E-state index in [1.165, 1.54) is 12.1 Å². The molecule has 0 aliphatic carbocycles. The highest BCUT2D eigenvalue weighted by Gasteiger charge is 2.39. The maximum atomic E-state index is 13.0. The van der Waals surface area contributed by atoms with Gasteiger partial charge in [0.2, 0.25) is 0 Å². The van der Waals surface area contributed by atoms with Crippen molar-refractivity contribution in [1.82, 2.24) is 0 Å². The van der Waals surface area contributed by atoms with Crippen LogP contribution in [0.5, 0.6) is 0 Å². The van der Waals surface area contributed by atoms with E-state index in [4.69, 9.17) is 14.3 Å². The zero-order valence-corrected chi connectivity index (χ0v) is 12.4. The highest BCUT2D eigenvalue weighted by atomic mass is 19.1. The van der Waals surface area contributed by atoms with Gasteiger partial charge in [0.1, 0.15) is 5.82 Å². The summed E-state index contributed by atoms with van der Waals surface area (Å²) in [5, 5.41) is 4.21. The molecule has 1 saturated heterocycles. The second-order valence-electron chi connectivity index (χ2n) is 5.64. The summed E-state index contributed by atoms with van der Waals surface area (Å²) in [6.07, 6.45) is -0.669. The van der Waals surface area contributed by atoms with Gasteiger partial charge in [-0.25, -0.2) is 4.39 Å². The summed E-state index contributed by atoms with van der Waals surface area (Å²) >= 11 is 0. The molecule has 0 unspecified atom stereocenters. The Hall–Kier alpha value is -2.24. The average molecular weight is 313 g/mol. The molecular weight excluding hydrogens is 297 g/mol. The fourth-order valence-corrected chi connectivity index (χ4v) is 2.88. The van der Waals surface area contributed by atoms with Gasteiger partial charge < -0.3 is 14.3 Å². The average Bonchev–Trinajstić information content (AvgIpc) is 2.88. The van der Waals surface area contributed by atoms with Crippen molar-refractivity contribution < 1.29 is 18.7 Å². The highest BCUT2D eigenvalue weighted by Crippen LogP contribution is 2.31. The third-order valence-corrected chi connectivity index (χ3v) is 4.14. The van der Waals surface area contributed by atoms with Crippen LogP contribution < -0.4 is 0 Å². The first-order valence-corrected chi connectivity index (χ1v) is 7.59. The molecule has 0 N–H and O–H groups in total. The van der Waals surface area contributed by atoms with Crippen LogP contribution in [0.25, 0.3) is 0 Å². The monoisotopic (exact) mass is 313 g/mol. The van der Waals surface area contributed by atoms with Crippen LogP contribution in [0.3, 0.4) is 0 Å². The van der Waals surface area contributed by atoms with E-state index in [9.17, 15) is 4.39 Å². The number of halogens is 1. The van der Waals surface area contributed by atoms with Gasteiger partial charge in [-0.15, -0.1) is 0 Å². The SMILES string of the molecule is Fc1ccc([C@@H]2OC[C@@H]3C(c4ccccc4)=NO[C@@H]3CO2)cc1. The van der Waals surface area contributed by atoms with E-state index in [2.05, 4.69) is 5.16 Å². The number of hydrogen-bond acceptors (Lipinski definition) is 4. The molecule has 0 bridgehead atoms. The summed E-state index contributed by atoms with van der Waals surface area (Å²) in [5.74, 6) is -0.246. The lowest BCUT2D eigenvalue weighted by molar-refractivity contribution is -0.139. The topological polar surface area (TPSA) is 40.0 Å². The maximum absolute atomic E-state index is 13.0. The van der Waals surface area contributed by atoms with Gasteiger partial charge in [0.15, 0.2) is 12.4 Å². The maximum Gasteiger partial charge on any atom is 0.184 e. The van der Waals surface area contributed by atoms with Gasteiger partial charge in [-0.2, -0.15) is 0 Å². The molecule has 0 saturated carbocycles. The van der Waals surface area contributed by atoms with Crippen molar-refractivity contribution in [3.8, 4) is 0 Å². The number of benzene rings is 2. The van der Waals surface area contributed by atoms with Crippen LogP contribution >= 0.6 is 0 Å². The first-order valence-electron chi connectivity index (χ1n) is 7.59. The fraction of sp³-hybridized carbons (Fsp3) is 0.278. The third kappa shape index (κ3) is 2.85. The molecule has 2 aliphatic heterocycles. The van der Waals surface area contributed by atoms with E-state index >= 15 is 0 Å². The van der Waals surface area contributed by atoms with E-state index in [1.807, 2.05) is 30.3 Å². The Kier molecular flexibility index (Phi) is 3.81. The van der Waals surface area contributed by atoms with Gasteiger partial charge in [0.25, 0.3) is 0 Å². The minimum Gasteiger partial charge on any atom is -0.389 e. The smallest absolute Gasteiger partial charge is 0.184 e. The molecule has 2 aromatic carbocycles. The van der Waals surface area contributed by atoms with E-state index < -0.39 is 6.29 Å². The molecule has 0 aromatic heterocycles. The van der Waals surface area contributed by atoms with Gasteiger partial charge in [-0.3, -0.25) is 0 Å². The normalized spacial score (nSPS) is 26.8. The quantitative estimate of drug-likeness (QED) is 0.854. The van der Waals surface area contributed by atoms with Crippen LogP contribution in [0.15, 0.2) is 59.8 Å². The zero-order valence-electron chi connectivity index (χ0n) is 12.4. The Morgan fingerprint density at radius 3 is 2.43 bits per heavy atom. The van der Waals surface area contributed by atoms with Crippen LogP contribution in [-0.2, 0) is 14.3 Å². The molecule has 4 nitrogen and oxygen atoms in total. The lowest BCUT2D eigenvalue weighted by atomic mass is 9.93. The van der Waals surface area contributed by atoms with Crippen LogP contribution in [0.1, 0.15) is 17.4 Å². The van der Waals surface area contributed by atoms with Crippen molar-refractivity contribution in [3.05, 3.63) is 71.5 Å². The standard InChI is InChI=1S/C18H16FNO3/c19-14-8-6-13(7-9-14)18-21-10-15-16(11-22-18)23-20-17(15)12-4-2-1-3-5-12/h1-9,15-16,18H,10-11H2/t15-,16+,18+/m0/s1. The zero-order chi connectivity index (χ0) is 15.6. The lowest BCUT2D eigenvalue weighted by Crippen LogP contribution is -2.29. The number of hydrogen-bond donors (Lipinski definition) is 0. The molecule has 0 spiro atoms.